The molecule has 23 heavy (non-hydrogen) atoms. The Labute approximate surface area is 134 Å². The summed E-state index contributed by atoms with van der Waals surface area (Å²) in [5.74, 6) is -0.100. The van der Waals surface area contributed by atoms with Crippen molar-refractivity contribution in [3.05, 3.63) is 42.1 Å². The molecule has 5 nitrogen and oxygen atoms in total. The monoisotopic (exact) mass is 335 g/mol. The molecular formula is C16H18FN3O2S. The Morgan fingerprint density at radius 2 is 2.17 bits per heavy atom. The second kappa shape index (κ2) is 5.14. The fourth-order valence-electron chi connectivity index (χ4n) is 3.91. The number of halogens is 1. The van der Waals surface area contributed by atoms with Gasteiger partial charge in [0.05, 0.1) is 30.5 Å². The zero-order valence-corrected chi connectivity index (χ0v) is 13.6. The van der Waals surface area contributed by atoms with E-state index >= 15 is 0 Å². The average Bonchev–Trinajstić information content (AvgIpc) is 3.07. The second-order valence-electron chi connectivity index (χ2n) is 6.39. The Kier molecular flexibility index (Phi) is 3.32. The SMILES string of the molecule is CS(=O)(=O)N1CCCC(C2c3ccc(F)cc3-c3cncn32)C1. The molecule has 2 aliphatic rings. The number of fused-ring (bicyclic) bond motifs is 3. The van der Waals surface area contributed by atoms with Crippen molar-refractivity contribution in [2.24, 2.45) is 5.92 Å². The Balaban J connectivity index is 1.75. The highest BCUT2D eigenvalue weighted by Crippen LogP contribution is 2.45. The van der Waals surface area contributed by atoms with Crippen molar-refractivity contribution in [2.75, 3.05) is 19.3 Å². The van der Waals surface area contributed by atoms with Crippen LogP contribution in [0.2, 0.25) is 0 Å². The van der Waals surface area contributed by atoms with Gasteiger partial charge in [-0.05, 0) is 36.5 Å². The first-order valence-corrected chi connectivity index (χ1v) is 9.57. The zero-order valence-electron chi connectivity index (χ0n) is 12.8. The van der Waals surface area contributed by atoms with Gasteiger partial charge in [-0.15, -0.1) is 0 Å². The van der Waals surface area contributed by atoms with Gasteiger partial charge in [0.15, 0.2) is 0 Å². The number of hydrogen-bond donors (Lipinski definition) is 0. The molecule has 0 spiro atoms. The number of nitrogens with zero attached hydrogens (tertiary/aromatic N) is 3. The summed E-state index contributed by atoms with van der Waals surface area (Å²) in [6, 6.07) is 4.86. The minimum absolute atomic E-state index is 0.0210. The van der Waals surface area contributed by atoms with Crippen molar-refractivity contribution in [1.29, 1.82) is 0 Å². The lowest BCUT2D eigenvalue weighted by atomic mass is 9.87. The summed E-state index contributed by atoms with van der Waals surface area (Å²) in [4.78, 5) is 4.19. The number of hydrogen-bond acceptors (Lipinski definition) is 3. The fourth-order valence-corrected chi connectivity index (χ4v) is 4.83. The van der Waals surface area contributed by atoms with E-state index in [1.807, 2.05) is 6.07 Å². The van der Waals surface area contributed by atoms with Crippen molar-refractivity contribution in [1.82, 2.24) is 13.9 Å². The normalized spacial score (nSPS) is 24.4. The number of piperidine rings is 1. The van der Waals surface area contributed by atoms with Gasteiger partial charge in [-0.1, -0.05) is 6.07 Å². The van der Waals surface area contributed by atoms with Crippen molar-refractivity contribution < 1.29 is 12.8 Å². The summed E-state index contributed by atoms with van der Waals surface area (Å²) in [7, 11) is -3.19. The molecule has 1 fully saturated rings. The molecule has 2 unspecified atom stereocenters. The van der Waals surface area contributed by atoms with Crippen LogP contribution in [0, 0.1) is 11.7 Å². The van der Waals surface area contributed by atoms with E-state index in [0.29, 0.717) is 13.1 Å². The van der Waals surface area contributed by atoms with Gasteiger partial charge in [0.25, 0.3) is 0 Å². The molecule has 0 saturated carbocycles. The summed E-state index contributed by atoms with van der Waals surface area (Å²) >= 11 is 0. The Morgan fingerprint density at radius 1 is 1.35 bits per heavy atom. The molecule has 1 aromatic heterocycles. The van der Waals surface area contributed by atoms with Crippen LogP contribution in [-0.4, -0.2) is 41.6 Å². The lowest BCUT2D eigenvalue weighted by Gasteiger charge is -2.35. The molecule has 122 valence electrons. The van der Waals surface area contributed by atoms with Gasteiger partial charge < -0.3 is 4.57 Å². The van der Waals surface area contributed by atoms with E-state index in [4.69, 9.17) is 0 Å². The van der Waals surface area contributed by atoms with E-state index < -0.39 is 10.0 Å². The zero-order chi connectivity index (χ0) is 16.2. The molecule has 1 saturated heterocycles. The molecule has 0 radical (unpaired) electrons. The maximum absolute atomic E-state index is 13.6. The summed E-state index contributed by atoms with van der Waals surface area (Å²) in [5.41, 5.74) is 2.83. The molecule has 2 atom stereocenters. The quantitative estimate of drug-likeness (QED) is 0.846. The van der Waals surface area contributed by atoms with E-state index in [1.54, 1.807) is 22.9 Å². The van der Waals surface area contributed by atoms with Gasteiger partial charge in [-0.2, -0.15) is 0 Å². The van der Waals surface area contributed by atoms with Crippen LogP contribution >= 0.6 is 0 Å². The van der Waals surface area contributed by atoms with Crippen molar-refractivity contribution in [2.45, 2.75) is 18.9 Å². The standard InChI is InChI=1S/C16H18FN3O2S/c1-23(21,22)19-6-2-3-11(9-19)16-13-5-4-12(17)7-14(13)15-8-18-10-20(15)16/h4-5,7-8,10-11,16H,2-3,6,9H2,1H3. The van der Waals surface area contributed by atoms with Gasteiger partial charge in [-0.3, -0.25) is 0 Å². The molecule has 0 N–H and O–H groups in total. The van der Waals surface area contributed by atoms with Crippen molar-refractivity contribution in [3.63, 3.8) is 0 Å². The smallest absolute Gasteiger partial charge is 0.211 e. The maximum atomic E-state index is 13.6. The molecule has 2 aliphatic heterocycles. The maximum Gasteiger partial charge on any atom is 0.211 e. The number of imidazole rings is 1. The molecule has 7 heteroatoms. The summed E-state index contributed by atoms with van der Waals surface area (Å²) in [5, 5.41) is 0. The third kappa shape index (κ3) is 2.38. The van der Waals surface area contributed by atoms with Gasteiger partial charge in [0, 0.05) is 18.7 Å². The Hall–Kier alpha value is -1.73. The summed E-state index contributed by atoms with van der Waals surface area (Å²) < 4.78 is 41.0. The molecule has 0 bridgehead atoms. The summed E-state index contributed by atoms with van der Waals surface area (Å²) in [6.45, 7) is 1.08. The largest absolute Gasteiger partial charge is 0.323 e. The minimum atomic E-state index is -3.19. The molecule has 1 aromatic carbocycles. The lowest BCUT2D eigenvalue weighted by Crippen LogP contribution is -2.41. The first kappa shape index (κ1) is 14.8. The molecule has 0 amide bonds. The van der Waals surface area contributed by atoms with Crippen LogP contribution in [0.3, 0.4) is 0 Å². The van der Waals surface area contributed by atoms with Crippen LogP contribution in [0.1, 0.15) is 24.4 Å². The van der Waals surface area contributed by atoms with Gasteiger partial charge in [0.1, 0.15) is 5.82 Å². The van der Waals surface area contributed by atoms with E-state index in [9.17, 15) is 12.8 Å². The van der Waals surface area contributed by atoms with Crippen LogP contribution in [0.25, 0.3) is 11.3 Å². The van der Waals surface area contributed by atoms with Crippen LogP contribution < -0.4 is 0 Å². The fraction of sp³-hybridized carbons (Fsp3) is 0.438. The van der Waals surface area contributed by atoms with E-state index in [-0.39, 0.29) is 17.8 Å². The highest BCUT2D eigenvalue weighted by atomic mass is 32.2. The molecule has 3 heterocycles. The summed E-state index contributed by atoms with van der Waals surface area (Å²) in [6.07, 6.45) is 6.56. The Bertz CT molecular complexity index is 862. The molecule has 2 aromatic rings. The van der Waals surface area contributed by atoms with Crippen LogP contribution in [-0.2, 0) is 10.0 Å². The Morgan fingerprint density at radius 3 is 2.96 bits per heavy atom. The van der Waals surface area contributed by atoms with Gasteiger partial charge in [0.2, 0.25) is 10.0 Å². The predicted octanol–water partition coefficient (Wildman–Crippen LogP) is 2.26. The van der Waals surface area contributed by atoms with Crippen molar-refractivity contribution >= 4 is 10.0 Å². The number of aromatic nitrogens is 2. The molecule has 4 rings (SSSR count). The number of rotatable bonds is 2. The second-order valence-corrected chi connectivity index (χ2v) is 8.37. The lowest BCUT2D eigenvalue weighted by molar-refractivity contribution is 0.225. The van der Waals surface area contributed by atoms with Crippen LogP contribution in [0.5, 0.6) is 0 Å². The number of sulfonamides is 1. The van der Waals surface area contributed by atoms with E-state index in [2.05, 4.69) is 9.55 Å². The third-order valence-electron chi connectivity index (χ3n) is 4.91. The molecule has 0 aliphatic carbocycles. The first-order valence-electron chi connectivity index (χ1n) is 7.72. The van der Waals surface area contributed by atoms with Crippen LogP contribution in [0.15, 0.2) is 30.7 Å². The van der Waals surface area contributed by atoms with Crippen molar-refractivity contribution in [3.8, 4) is 11.3 Å². The number of benzene rings is 1. The minimum Gasteiger partial charge on any atom is -0.323 e. The predicted molar refractivity (Wildman–Crippen MR) is 84.9 cm³/mol. The van der Waals surface area contributed by atoms with Gasteiger partial charge >= 0.3 is 0 Å². The third-order valence-corrected chi connectivity index (χ3v) is 6.18. The van der Waals surface area contributed by atoms with Crippen LogP contribution in [0.4, 0.5) is 4.39 Å². The topological polar surface area (TPSA) is 55.2 Å². The molecular weight excluding hydrogens is 317 g/mol. The highest BCUT2D eigenvalue weighted by molar-refractivity contribution is 7.88. The first-order chi connectivity index (χ1) is 10.9. The average molecular weight is 335 g/mol. The van der Waals surface area contributed by atoms with Gasteiger partial charge in [-0.25, -0.2) is 22.1 Å². The van der Waals surface area contributed by atoms with E-state index in [1.165, 1.54) is 12.3 Å². The van der Waals surface area contributed by atoms with E-state index in [0.717, 1.165) is 29.7 Å². The highest BCUT2D eigenvalue weighted by Gasteiger charge is 2.38.